The van der Waals surface area contributed by atoms with Crippen molar-refractivity contribution in [3.8, 4) is 0 Å². The number of aromatic nitrogens is 1. The number of carboxylic acids is 1. The van der Waals surface area contributed by atoms with Crippen LogP contribution in [0.25, 0.3) is 0 Å². The monoisotopic (exact) mass is 268 g/mol. The molecule has 2 N–H and O–H groups in total. The summed E-state index contributed by atoms with van der Waals surface area (Å²) in [5, 5.41) is 11.4. The number of carbonyl (C=O) groups excluding carboxylic acids is 1. The Labute approximate surface area is 112 Å². The van der Waals surface area contributed by atoms with E-state index in [2.05, 4.69) is 12.2 Å². The van der Waals surface area contributed by atoms with Gasteiger partial charge < -0.3 is 19.7 Å². The number of nitrogens with zero attached hydrogens (tertiary/aromatic N) is 1. The van der Waals surface area contributed by atoms with Gasteiger partial charge in [0.1, 0.15) is 12.2 Å². The number of hydrogen-bond acceptors (Lipinski definition) is 3. The third kappa shape index (κ3) is 5.56. The van der Waals surface area contributed by atoms with Crippen molar-refractivity contribution in [1.29, 1.82) is 0 Å². The standard InChI is InChI=1S/C13H20N2O4/c1-2-3-8-19-9-6-14-13(18)11-5-4-7-15(11)10-12(16)17/h4-5,7H,2-3,6,8-10H2,1H3,(H,14,18)(H,16,17). The zero-order valence-corrected chi connectivity index (χ0v) is 11.1. The molecule has 0 atom stereocenters. The van der Waals surface area contributed by atoms with E-state index in [0.717, 1.165) is 12.8 Å². The smallest absolute Gasteiger partial charge is 0.323 e. The summed E-state index contributed by atoms with van der Waals surface area (Å²) in [6.07, 6.45) is 3.66. The molecule has 1 aromatic heterocycles. The van der Waals surface area contributed by atoms with Crippen LogP contribution in [0.1, 0.15) is 30.3 Å². The van der Waals surface area contributed by atoms with Crippen molar-refractivity contribution in [1.82, 2.24) is 9.88 Å². The molecule has 0 bridgehead atoms. The van der Waals surface area contributed by atoms with Crippen molar-refractivity contribution in [2.75, 3.05) is 19.8 Å². The van der Waals surface area contributed by atoms with E-state index in [0.29, 0.717) is 25.5 Å². The quantitative estimate of drug-likeness (QED) is 0.658. The number of unbranched alkanes of at least 4 members (excludes halogenated alkanes) is 1. The van der Waals surface area contributed by atoms with Crippen molar-refractivity contribution < 1.29 is 19.4 Å². The van der Waals surface area contributed by atoms with Gasteiger partial charge in [0.05, 0.1) is 6.61 Å². The lowest BCUT2D eigenvalue weighted by Crippen LogP contribution is -2.29. The molecule has 1 rings (SSSR count). The molecule has 0 radical (unpaired) electrons. The fraction of sp³-hybridized carbons (Fsp3) is 0.538. The summed E-state index contributed by atoms with van der Waals surface area (Å²) in [6.45, 7) is 3.44. The van der Waals surface area contributed by atoms with Crippen molar-refractivity contribution in [3.05, 3.63) is 24.0 Å². The van der Waals surface area contributed by atoms with Crippen LogP contribution in [-0.2, 0) is 16.1 Å². The van der Waals surface area contributed by atoms with Crippen LogP contribution < -0.4 is 5.32 Å². The van der Waals surface area contributed by atoms with Gasteiger partial charge in [-0.3, -0.25) is 9.59 Å². The highest BCUT2D eigenvalue weighted by Crippen LogP contribution is 2.02. The molecule has 0 spiro atoms. The number of ether oxygens (including phenoxy) is 1. The third-order valence-electron chi connectivity index (χ3n) is 2.54. The lowest BCUT2D eigenvalue weighted by atomic mass is 10.4. The summed E-state index contributed by atoms with van der Waals surface area (Å²) in [5.74, 6) is -1.27. The normalized spacial score (nSPS) is 10.4. The Bertz CT molecular complexity index is 415. The highest BCUT2D eigenvalue weighted by atomic mass is 16.5. The molecule has 19 heavy (non-hydrogen) atoms. The molecule has 0 saturated heterocycles. The number of rotatable bonds is 9. The average molecular weight is 268 g/mol. The summed E-state index contributed by atoms with van der Waals surface area (Å²) in [7, 11) is 0. The first-order valence-electron chi connectivity index (χ1n) is 6.38. The maximum absolute atomic E-state index is 11.8. The Morgan fingerprint density at radius 2 is 2.21 bits per heavy atom. The summed E-state index contributed by atoms with van der Waals surface area (Å²) in [5.41, 5.74) is 0.343. The van der Waals surface area contributed by atoms with Gasteiger partial charge in [-0.1, -0.05) is 13.3 Å². The minimum absolute atomic E-state index is 0.219. The number of carboxylic acid groups (broad SMARTS) is 1. The predicted molar refractivity (Wildman–Crippen MR) is 70.1 cm³/mol. The molecule has 0 aliphatic rings. The molecule has 0 saturated carbocycles. The van der Waals surface area contributed by atoms with Gasteiger partial charge in [-0.15, -0.1) is 0 Å². The Balaban J connectivity index is 2.33. The molecule has 6 heteroatoms. The average Bonchev–Trinajstić information content (AvgIpc) is 2.80. The molecule has 106 valence electrons. The van der Waals surface area contributed by atoms with Crippen molar-refractivity contribution in [3.63, 3.8) is 0 Å². The summed E-state index contributed by atoms with van der Waals surface area (Å²) in [6, 6.07) is 3.24. The molecular weight excluding hydrogens is 248 g/mol. The molecule has 0 unspecified atom stereocenters. The molecule has 1 aromatic rings. The van der Waals surface area contributed by atoms with E-state index in [1.807, 2.05) is 0 Å². The van der Waals surface area contributed by atoms with Crippen LogP contribution in [0.2, 0.25) is 0 Å². The Hall–Kier alpha value is -1.82. The van der Waals surface area contributed by atoms with Crippen LogP contribution in [0, 0.1) is 0 Å². The van der Waals surface area contributed by atoms with Crippen LogP contribution in [-0.4, -0.2) is 41.3 Å². The van der Waals surface area contributed by atoms with Crippen molar-refractivity contribution in [2.24, 2.45) is 0 Å². The van der Waals surface area contributed by atoms with Crippen molar-refractivity contribution in [2.45, 2.75) is 26.3 Å². The fourth-order valence-corrected chi connectivity index (χ4v) is 1.58. The van der Waals surface area contributed by atoms with E-state index in [4.69, 9.17) is 9.84 Å². The van der Waals surface area contributed by atoms with E-state index in [1.165, 1.54) is 4.57 Å². The Morgan fingerprint density at radius 3 is 2.89 bits per heavy atom. The van der Waals surface area contributed by atoms with E-state index in [-0.39, 0.29) is 12.5 Å². The lowest BCUT2D eigenvalue weighted by Gasteiger charge is -2.08. The molecule has 0 fully saturated rings. The van der Waals surface area contributed by atoms with Crippen LogP contribution in [0.15, 0.2) is 18.3 Å². The van der Waals surface area contributed by atoms with Gasteiger partial charge in [-0.2, -0.15) is 0 Å². The Morgan fingerprint density at radius 1 is 1.42 bits per heavy atom. The molecule has 0 aliphatic carbocycles. The van der Waals surface area contributed by atoms with Gasteiger partial charge in [0.2, 0.25) is 0 Å². The molecule has 6 nitrogen and oxygen atoms in total. The van der Waals surface area contributed by atoms with Gasteiger partial charge in [-0.05, 0) is 18.6 Å². The number of amides is 1. The first-order valence-corrected chi connectivity index (χ1v) is 6.38. The van der Waals surface area contributed by atoms with Gasteiger partial charge in [0.15, 0.2) is 0 Å². The van der Waals surface area contributed by atoms with Gasteiger partial charge in [0.25, 0.3) is 5.91 Å². The van der Waals surface area contributed by atoms with Gasteiger partial charge in [-0.25, -0.2) is 0 Å². The zero-order valence-electron chi connectivity index (χ0n) is 11.1. The highest BCUT2D eigenvalue weighted by Gasteiger charge is 2.11. The molecular formula is C13H20N2O4. The number of hydrogen-bond donors (Lipinski definition) is 2. The van der Waals surface area contributed by atoms with E-state index in [1.54, 1.807) is 18.3 Å². The number of nitrogens with one attached hydrogen (secondary N) is 1. The number of aliphatic carboxylic acids is 1. The minimum atomic E-state index is -0.979. The van der Waals surface area contributed by atoms with Gasteiger partial charge >= 0.3 is 5.97 Å². The maximum atomic E-state index is 11.8. The SMILES string of the molecule is CCCCOCCNC(=O)c1cccn1CC(=O)O. The molecule has 0 aromatic carbocycles. The second-order valence-electron chi connectivity index (χ2n) is 4.14. The molecule has 1 heterocycles. The first-order chi connectivity index (χ1) is 9.15. The van der Waals surface area contributed by atoms with Crippen LogP contribution in [0.3, 0.4) is 0 Å². The van der Waals surface area contributed by atoms with Crippen LogP contribution in [0.4, 0.5) is 0 Å². The minimum Gasteiger partial charge on any atom is -0.480 e. The lowest BCUT2D eigenvalue weighted by molar-refractivity contribution is -0.137. The first kappa shape index (κ1) is 15.2. The van der Waals surface area contributed by atoms with E-state index >= 15 is 0 Å². The van der Waals surface area contributed by atoms with Crippen molar-refractivity contribution >= 4 is 11.9 Å². The second-order valence-corrected chi connectivity index (χ2v) is 4.14. The molecule has 0 aliphatic heterocycles. The zero-order chi connectivity index (χ0) is 14.1. The summed E-state index contributed by atoms with van der Waals surface area (Å²) in [4.78, 5) is 22.4. The van der Waals surface area contributed by atoms with Crippen LogP contribution >= 0.6 is 0 Å². The topological polar surface area (TPSA) is 80.6 Å². The maximum Gasteiger partial charge on any atom is 0.323 e. The predicted octanol–water partition coefficient (Wildman–Crippen LogP) is 1.12. The summed E-state index contributed by atoms with van der Waals surface area (Å²) >= 11 is 0. The third-order valence-corrected chi connectivity index (χ3v) is 2.54. The number of carbonyl (C=O) groups is 2. The summed E-state index contributed by atoms with van der Waals surface area (Å²) < 4.78 is 6.72. The van der Waals surface area contributed by atoms with E-state index < -0.39 is 5.97 Å². The van der Waals surface area contributed by atoms with Gasteiger partial charge in [0, 0.05) is 19.3 Å². The molecule has 1 amide bonds. The largest absolute Gasteiger partial charge is 0.480 e. The highest BCUT2D eigenvalue weighted by molar-refractivity contribution is 5.93. The Kier molecular flexibility index (Phi) is 6.67. The van der Waals surface area contributed by atoms with E-state index in [9.17, 15) is 9.59 Å². The van der Waals surface area contributed by atoms with Crippen LogP contribution in [0.5, 0.6) is 0 Å². The fourth-order valence-electron chi connectivity index (χ4n) is 1.58. The second kappa shape index (κ2) is 8.31.